The molecule has 0 radical (unpaired) electrons. The van der Waals surface area contributed by atoms with Gasteiger partial charge in [-0.3, -0.25) is 0 Å². The highest BCUT2D eigenvalue weighted by atomic mass is 28.3. The molecule has 0 aliphatic carbocycles. The van der Waals surface area contributed by atoms with Gasteiger partial charge in [0, 0.05) is 6.42 Å². The molecule has 0 unspecified atom stereocenters. The molecule has 3 heteroatoms. The summed E-state index contributed by atoms with van der Waals surface area (Å²) in [7, 11) is -1.27. The number of ether oxygens (including phenoxy) is 1. The van der Waals surface area contributed by atoms with Crippen molar-refractivity contribution in [1.82, 2.24) is 0 Å². The van der Waals surface area contributed by atoms with Gasteiger partial charge in [0.15, 0.2) is 8.24 Å². The van der Waals surface area contributed by atoms with Gasteiger partial charge >= 0.3 is 0 Å². The smallest absolute Gasteiger partial charge is 0.171 e. The van der Waals surface area contributed by atoms with Crippen LogP contribution in [0.2, 0.25) is 19.6 Å². The molecule has 0 aromatic heterocycles. The quantitative estimate of drug-likeness (QED) is 0.420. The van der Waals surface area contributed by atoms with E-state index in [0.29, 0.717) is 6.61 Å². The highest BCUT2D eigenvalue weighted by Gasteiger charge is 2.08. The second-order valence-electron chi connectivity index (χ2n) is 4.81. The third kappa shape index (κ3) is 6.53. The fourth-order valence-electron chi connectivity index (χ4n) is 1.24. The van der Waals surface area contributed by atoms with Crippen molar-refractivity contribution in [1.29, 1.82) is 0 Å². The molecule has 0 heterocycles. The molecule has 0 aliphatic rings. The first kappa shape index (κ1) is 13.1. The lowest BCUT2D eigenvalue weighted by Gasteiger charge is -2.07. The first-order valence-electron chi connectivity index (χ1n) is 5.73. The van der Waals surface area contributed by atoms with E-state index in [1.165, 1.54) is 5.56 Å². The van der Waals surface area contributed by atoms with E-state index in [1.807, 2.05) is 24.4 Å². The Labute approximate surface area is 99.5 Å². The normalized spacial score (nSPS) is 12.2. The Balaban J connectivity index is 2.11. The topological polar surface area (TPSA) is 21.6 Å². The molecule has 16 heavy (non-hydrogen) atoms. The van der Waals surface area contributed by atoms with E-state index in [2.05, 4.69) is 36.4 Å². The van der Waals surface area contributed by atoms with Gasteiger partial charge in [-0.1, -0.05) is 30.3 Å². The van der Waals surface area contributed by atoms with E-state index in [9.17, 15) is 0 Å². The lowest BCUT2D eigenvalue weighted by Crippen LogP contribution is -2.16. The fourth-order valence-corrected chi connectivity index (χ4v) is 1.92. The lowest BCUT2D eigenvalue weighted by molar-refractivity contribution is 0.128. The molecule has 0 spiro atoms. The average molecular weight is 235 g/mol. The summed E-state index contributed by atoms with van der Waals surface area (Å²) in [5.41, 5.74) is 1.23. The molecule has 0 bridgehead atoms. The zero-order valence-electron chi connectivity index (χ0n) is 10.4. The SMILES string of the molecule is C[Si](C)(C)N=CCCOCc1ccccc1. The molecular weight excluding hydrogens is 214 g/mol. The molecule has 0 aliphatic heterocycles. The molecule has 2 nitrogen and oxygen atoms in total. The maximum Gasteiger partial charge on any atom is 0.171 e. The first-order chi connectivity index (χ1) is 7.58. The third-order valence-electron chi connectivity index (χ3n) is 1.98. The Morgan fingerprint density at radius 1 is 1.19 bits per heavy atom. The van der Waals surface area contributed by atoms with E-state index in [0.717, 1.165) is 13.0 Å². The van der Waals surface area contributed by atoms with Gasteiger partial charge in [-0.05, 0) is 31.4 Å². The molecule has 0 saturated carbocycles. The van der Waals surface area contributed by atoms with E-state index in [4.69, 9.17) is 4.74 Å². The van der Waals surface area contributed by atoms with E-state index >= 15 is 0 Å². The van der Waals surface area contributed by atoms with Gasteiger partial charge in [0.05, 0.1) is 13.2 Å². The van der Waals surface area contributed by atoms with Gasteiger partial charge < -0.3 is 9.39 Å². The summed E-state index contributed by atoms with van der Waals surface area (Å²) in [5, 5.41) is 0. The second kappa shape index (κ2) is 6.61. The number of hydrogen-bond donors (Lipinski definition) is 0. The number of nitrogens with zero attached hydrogens (tertiary/aromatic N) is 1. The van der Waals surface area contributed by atoms with Gasteiger partial charge in [-0.15, -0.1) is 0 Å². The van der Waals surface area contributed by atoms with E-state index < -0.39 is 8.24 Å². The van der Waals surface area contributed by atoms with Gasteiger partial charge in [0.2, 0.25) is 0 Å². The van der Waals surface area contributed by atoms with Crippen molar-refractivity contribution in [3.8, 4) is 0 Å². The Kier molecular flexibility index (Phi) is 5.42. The monoisotopic (exact) mass is 235 g/mol. The van der Waals surface area contributed by atoms with Crippen LogP contribution in [0.1, 0.15) is 12.0 Å². The first-order valence-corrected chi connectivity index (χ1v) is 9.18. The Hall–Kier alpha value is -0.933. The van der Waals surface area contributed by atoms with Gasteiger partial charge in [-0.2, -0.15) is 0 Å². The minimum atomic E-state index is -1.27. The number of hydrogen-bond acceptors (Lipinski definition) is 2. The summed E-state index contributed by atoms with van der Waals surface area (Å²) in [6.45, 7) is 8.14. The minimum absolute atomic E-state index is 0.696. The molecule has 1 aromatic carbocycles. The highest BCUT2D eigenvalue weighted by Crippen LogP contribution is 2.02. The summed E-state index contributed by atoms with van der Waals surface area (Å²) in [6.07, 6.45) is 2.92. The summed E-state index contributed by atoms with van der Waals surface area (Å²) >= 11 is 0. The van der Waals surface area contributed by atoms with E-state index in [1.54, 1.807) is 0 Å². The lowest BCUT2D eigenvalue weighted by atomic mass is 10.2. The predicted molar refractivity (Wildman–Crippen MR) is 72.6 cm³/mol. The molecule has 1 aromatic rings. The summed E-state index contributed by atoms with van der Waals surface area (Å²) in [4.78, 5) is 0. The zero-order valence-corrected chi connectivity index (χ0v) is 11.4. The minimum Gasteiger partial charge on any atom is -0.376 e. The molecule has 88 valence electrons. The standard InChI is InChI=1S/C13H21NOSi/c1-16(2,3)14-10-7-11-15-12-13-8-5-4-6-9-13/h4-6,8-10H,7,11-12H2,1-3H3. The van der Waals surface area contributed by atoms with Crippen molar-refractivity contribution in [3.63, 3.8) is 0 Å². The predicted octanol–water partition coefficient (Wildman–Crippen LogP) is 3.50. The number of rotatable bonds is 6. The fraction of sp³-hybridized carbons (Fsp3) is 0.462. The van der Waals surface area contributed by atoms with Crippen LogP contribution in [-0.2, 0) is 11.3 Å². The van der Waals surface area contributed by atoms with Crippen molar-refractivity contribution >= 4 is 14.5 Å². The molecule has 0 N–H and O–H groups in total. The van der Waals surface area contributed by atoms with Crippen LogP contribution in [-0.4, -0.2) is 21.1 Å². The van der Waals surface area contributed by atoms with Crippen LogP contribution < -0.4 is 0 Å². The molecule has 0 saturated heterocycles. The molecule has 0 atom stereocenters. The van der Waals surface area contributed by atoms with Gasteiger partial charge in [0.25, 0.3) is 0 Å². The number of benzene rings is 1. The largest absolute Gasteiger partial charge is 0.376 e. The second-order valence-corrected chi connectivity index (χ2v) is 9.41. The Morgan fingerprint density at radius 3 is 2.50 bits per heavy atom. The zero-order chi connectivity index (χ0) is 11.9. The van der Waals surface area contributed by atoms with Crippen LogP contribution in [0.5, 0.6) is 0 Å². The summed E-state index contributed by atoms with van der Waals surface area (Å²) < 4.78 is 10.1. The summed E-state index contributed by atoms with van der Waals surface area (Å²) in [6, 6.07) is 10.2. The third-order valence-corrected chi connectivity index (χ3v) is 2.94. The van der Waals surface area contributed by atoms with Gasteiger partial charge in [-0.25, -0.2) is 0 Å². The van der Waals surface area contributed by atoms with Crippen LogP contribution in [0.4, 0.5) is 0 Å². The van der Waals surface area contributed by atoms with Gasteiger partial charge in [0.1, 0.15) is 0 Å². The van der Waals surface area contributed by atoms with Crippen molar-refractivity contribution in [2.45, 2.75) is 32.7 Å². The van der Waals surface area contributed by atoms with Crippen molar-refractivity contribution in [2.75, 3.05) is 6.61 Å². The highest BCUT2D eigenvalue weighted by molar-refractivity contribution is 6.75. The molecule has 1 rings (SSSR count). The average Bonchev–Trinajstić information content (AvgIpc) is 2.23. The van der Waals surface area contributed by atoms with Crippen molar-refractivity contribution < 1.29 is 4.74 Å². The van der Waals surface area contributed by atoms with Crippen LogP contribution in [0.3, 0.4) is 0 Å². The van der Waals surface area contributed by atoms with Crippen LogP contribution >= 0.6 is 0 Å². The summed E-state index contributed by atoms with van der Waals surface area (Å²) in [5.74, 6) is 0. The van der Waals surface area contributed by atoms with E-state index in [-0.39, 0.29) is 0 Å². The maximum absolute atomic E-state index is 5.56. The Bertz CT molecular complexity index is 316. The van der Waals surface area contributed by atoms with Crippen LogP contribution in [0.15, 0.2) is 35.0 Å². The van der Waals surface area contributed by atoms with Crippen molar-refractivity contribution in [2.24, 2.45) is 4.66 Å². The Morgan fingerprint density at radius 2 is 1.88 bits per heavy atom. The maximum atomic E-state index is 5.56. The molecule has 0 amide bonds. The molecular formula is C13H21NOSi. The van der Waals surface area contributed by atoms with Crippen LogP contribution in [0.25, 0.3) is 0 Å². The van der Waals surface area contributed by atoms with Crippen LogP contribution in [0, 0.1) is 0 Å². The van der Waals surface area contributed by atoms with Crippen molar-refractivity contribution in [3.05, 3.63) is 35.9 Å². The molecule has 0 fully saturated rings.